The number of carbonyl (C=O) groups excluding carboxylic acids is 1. The summed E-state index contributed by atoms with van der Waals surface area (Å²) in [7, 11) is 1.63. The average molecular weight is 418 g/mol. The van der Waals surface area contributed by atoms with Crippen LogP contribution in [-0.4, -0.2) is 35.4 Å². The predicted octanol–water partition coefficient (Wildman–Crippen LogP) is 5.43. The zero-order chi connectivity index (χ0) is 20.1. The molecule has 1 saturated heterocycles. The number of benzene rings is 1. The van der Waals surface area contributed by atoms with Crippen molar-refractivity contribution in [1.82, 2.24) is 4.90 Å². The molecule has 0 N–H and O–H groups in total. The van der Waals surface area contributed by atoms with Gasteiger partial charge >= 0.3 is 0 Å². The van der Waals surface area contributed by atoms with Crippen LogP contribution < -0.4 is 9.47 Å². The number of para-hydroxylation sites is 1. The Kier molecular flexibility index (Phi) is 7.18. The fourth-order valence-corrected chi connectivity index (χ4v) is 4.73. The smallest absolute Gasteiger partial charge is 0.266 e. The van der Waals surface area contributed by atoms with Crippen molar-refractivity contribution < 1.29 is 14.3 Å². The quantitative estimate of drug-likeness (QED) is 0.416. The number of carbonyl (C=O) groups is 1. The molecule has 1 atom stereocenters. The number of thiocarbonyl (C=S) groups is 1. The first-order chi connectivity index (χ1) is 13.6. The van der Waals surface area contributed by atoms with Gasteiger partial charge in [0.2, 0.25) is 0 Å². The molecule has 0 aromatic heterocycles. The zero-order valence-corrected chi connectivity index (χ0v) is 18.3. The Balaban J connectivity index is 1.75. The summed E-state index contributed by atoms with van der Waals surface area (Å²) < 4.78 is 11.9. The number of rotatable bonds is 8. The van der Waals surface area contributed by atoms with Crippen molar-refractivity contribution in [2.45, 2.75) is 39.5 Å². The van der Waals surface area contributed by atoms with Gasteiger partial charge in [-0.05, 0) is 36.1 Å². The summed E-state index contributed by atoms with van der Waals surface area (Å²) in [6, 6.07) is 5.79. The number of unbranched alkanes of at least 4 members (excludes halogenated alkanes) is 1. The van der Waals surface area contributed by atoms with Crippen LogP contribution in [-0.2, 0) is 4.79 Å². The lowest BCUT2D eigenvalue weighted by Crippen LogP contribution is -2.33. The molecule has 0 aliphatic carbocycles. The summed E-state index contributed by atoms with van der Waals surface area (Å²) in [5.74, 6) is 1.98. The Hall–Kier alpha value is -1.79. The average Bonchev–Trinajstić information content (AvgIpc) is 2.97. The summed E-state index contributed by atoms with van der Waals surface area (Å²) in [6.45, 7) is 5.51. The first kappa shape index (κ1) is 20.9. The van der Waals surface area contributed by atoms with Crippen LogP contribution in [0.5, 0.6) is 11.5 Å². The topological polar surface area (TPSA) is 38.8 Å². The first-order valence-corrected chi connectivity index (χ1v) is 11.1. The van der Waals surface area contributed by atoms with Crippen LogP contribution in [0.3, 0.4) is 0 Å². The molecule has 4 nitrogen and oxygen atoms in total. The molecule has 3 rings (SSSR count). The van der Waals surface area contributed by atoms with Crippen LogP contribution in [0.25, 0.3) is 6.08 Å². The number of ether oxygens (including phenoxy) is 2. The van der Waals surface area contributed by atoms with E-state index in [1.54, 1.807) is 12.0 Å². The SMILES string of the molecule is CCCCC(CC)CN1C(=O)C(=CC2=Cc3cccc(OC)c3OC2)SC1=S. The van der Waals surface area contributed by atoms with Crippen molar-refractivity contribution in [3.8, 4) is 11.5 Å². The monoisotopic (exact) mass is 417 g/mol. The minimum absolute atomic E-state index is 0.0160. The lowest BCUT2D eigenvalue weighted by atomic mass is 9.99. The third-order valence-electron chi connectivity index (χ3n) is 5.13. The van der Waals surface area contributed by atoms with Crippen molar-refractivity contribution in [3.05, 3.63) is 40.3 Å². The molecule has 1 unspecified atom stereocenters. The van der Waals surface area contributed by atoms with E-state index >= 15 is 0 Å². The molecule has 150 valence electrons. The maximum absolute atomic E-state index is 12.9. The third kappa shape index (κ3) is 4.61. The maximum atomic E-state index is 12.9. The van der Waals surface area contributed by atoms with Gasteiger partial charge < -0.3 is 9.47 Å². The molecule has 0 radical (unpaired) electrons. The van der Waals surface area contributed by atoms with Crippen LogP contribution in [0.2, 0.25) is 0 Å². The Morgan fingerprint density at radius 2 is 2.21 bits per heavy atom. The lowest BCUT2D eigenvalue weighted by molar-refractivity contribution is -0.122. The van der Waals surface area contributed by atoms with Crippen LogP contribution in [0, 0.1) is 5.92 Å². The first-order valence-electron chi connectivity index (χ1n) is 9.83. The van der Waals surface area contributed by atoms with Crippen LogP contribution in [0.1, 0.15) is 45.1 Å². The second-order valence-electron chi connectivity index (χ2n) is 7.10. The fourth-order valence-electron chi connectivity index (χ4n) is 3.44. The van der Waals surface area contributed by atoms with Gasteiger partial charge in [0.15, 0.2) is 11.5 Å². The van der Waals surface area contributed by atoms with Crippen molar-refractivity contribution in [2.24, 2.45) is 5.92 Å². The molecule has 0 spiro atoms. The highest BCUT2D eigenvalue weighted by atomic mass is 32.2. The Morgan fingerprint density at radius 1 is 1.39 bits per heavy atom. The fraction of sp³-hybridized carbons (Fsp3) is 0.455. The van der Waals surface area contributed by atoms with Gasteiger partial charge in [-0.15, -0.1) is 0 Å². The number of amides is 1. The summed E-state index contributed by atoms with van der Waals surface area (Å²) in [4.78, 5) is 15.4. The van der Waals surface area contributed by atoms with Crippen molar-refractivity contribution in [2.75, 3.05) is 20.3 Å². The zero-order valence-electron chi connectivity index (χ0n) is 16.7. The van der Waals surface area contributed by atoms with Gasteiger partial charge in [0.25, 0.3) is 5.91 Å². The van der Waals surface area contributed by atoms with E-state index in [0.717, 1.165) is 35.5 Å². The number of fused-ring (bicyclic) bond motifs is 1. The Bertz CT molecular complexity index is 816. The number of thioether (sulfide) groups is 1. The number of hydrogen-bond donors (Lipinski definition) is 0. The molecule has 28 heavy (non-hydrogen) atoms. The molecule has 0 bridgehead atoms. The van der Waals surface area contributed by atoms with E-state index < -0.39 is 0 Å². The summed E-state index contributed by atoms with van der Waals surface area (Å²) in [5.41, 5.74) is 1.91. The van der Waals surface area contributed by atoms with Gasteiger partial charge in [-0.1, -0.05) is 69.2 Å². The van der Waals surface area contributed by atoms with Gasteiger partial charge in [0.1, 0.15) is 10.9 Å². The van der Waals surface area contributed by atoms with E-state index in [4.69, 9.17) is 21.7 Å². The van der Waals surface area contributed by atoms with Gasteiger partial charge in [-0.3, -0.25) is 9.69 Å². The van der Waals surface area contributed by atoms with Crippen molar-refractivity contribution in [1.29, 1.82) is 0 Å². The van der Waals surface area contributed by atoms with Gasteiger partial charge in [-0.2, -0.15) is 0 Å². The van der Waals surface area contributed by atoms with Gasteiger partial charge in [0, 0.05) is 12.1 Å². The number of methoxy groups -OCH3 is 1. The van der Waals surface area contributed by atoms with E-state index in [1.165, 1.54) is 24.6 Å². The van der Waals surface area contributed by atoms with Crippen LogP contribution >= 0.6 is 24.0 Å². The Morgan fingerprint density at radius 3 is 2.93 bits per heavy atom. The molecule has 1 aromatic rings. The normalized spacial score (nSPS) is 18.8. The minimum atomic E-state index is 0.0160. The predicted molar refractivity (Wildman–Crippen MR) is 120 cm³/mol. The van der Waals surface area contributed by atoms with Crippen LogP contribution in [0.15, 0.2) is 34.8 Å². The molecule has 2 heterocycles. The van der Waals surface area contributed by atoms with Crippen LogP contribution in [0.4, 0.5) is 0 Å². The molecule has 0 saturated carbocycles. The second-order valence-corrected chi connectivity index (χ2v) is 8.77. The molecule has 2 aliphatic rings. The highest BCUT2D eigenvalue weighted by Crippen LogP contribution is 2.38. The third-order valence-corrected chi connectivity index (χ3v) is 6.51. The molecular weight excluding hydrogens is 390 g/mol. The highest BCUT2D eigenvalue weighted by Gasteiger charge is 2.33. The molecule has 6 heteroatoms. The second kappa shape index (κ2) is 9.61. The van der Waals surface area contributed by atoms with E-state index in [0.29, 0.717) is 28.3 Å². The standard InChI is InChI=1S/C22H27NO3S2/c1-4-6-8-15(5-2)13-23-21(24)19(28-22(23)27)12-16-11-17-9-7-10-18(25-3)20(17)26-14-16/h7,9-12,15H,4-6,8,13-14H2,1-3H3. The molecule has 1 aromatic carbocycles. The number of hydrogen-bond acceptors (Lipinski definition) is 5. The summed E-state index contributed by atoms with van der Waals surface area (Å²) in [6.07, 6.45) is 8.53. The number of nitrogens with zero attached hydrogens (tertiary/aromatic N) is 1. The molecule has 2 aliphatic heterocycles. The highest BCUT2D eigenvalue weighted by molar-refractivity contribution is 8.26. The maximum Gasteiger partial charge on any atom is 0.266 e. The van der Waals surface area contributed by atoms with E-state index in [-0.39, 0.29) is 5.91 Å². The van der Waals surface area contributed by atoms with Gasteiger partial charge in [-0.25, -0.2) is 0 Å². The Labute approximate surface area is 177 Å². The lowest BCUT2D eigenvalue weighted by Gasteiger charge is -2.22. The van der Waals surface area contributed by atoms with E-state index in [9.17, 15) is 4.79 Å². The van der Waals surface area contributed by atoms with Crippen molar-refractivity contribution in [3.63, 3.8) is 0 Å². The molecular formula is C22H27NO3S2. The van der Waals surface area contributed by atoms with Gasteiger partial charge in [0.05, 0.1) is 12.0 Å². The summed E-state index contributed by atoms with van der Waals surface area (Å²) >= 11 is 6.89. The van der Waals surface area contributed by atoms with E-state index in [2.05, 4.69) is 13.8 Å². The largest absolute Gasteiger partial charge is 0.493 e. The molecule has 1 fully saturated rings. The van der Waals surface area contributed by atoms with Crippen molar-refractivity contribution >= 4 is 40.3 Å². The van der Waals surface area contributed by atoms with E-state index in [1.807, 2.05) is 30.4 Å². The summed E-state index contributed by atoms with van der Waals surface area (Å²) in [5, 5.41) is 0. The molecule has 1 amide bonds. The minimum Gasteiger partial charge on any atom is -0.493 e.